The molecule has 0 aliphatic carbocycles. The van der Waals surface area contributed by atoms with Gasteiger partial charge in [-0.2, -0.15) is 5.26 Å². The molecule has 94 valence electrons. The summed E-state index contributed by atoms with van der Waals surface area (Å²) in [6, 6.07) is 5.61. The molecule has 0 bridgehead atoms. The molecule has 1 amide bonds. The van der Waals surface area contributed by atoms with Crippen molar-refractivity contribution in [3.05, 3.63) is 23.4 Å². The molecule has 0 unspecified atom stereocenters. The number of aromatic nitrogens is 1. The van der Waals surface area contributed by atoms with Crippen molar-refractivity contribution in [2.75, 3.05) is 31.6 Å². The maximum absolute atomic E-state index is 11.8. The van der Waals surface area contributed by atoms with Gasteiger partial charge in [0.25, 0.3) is 0 Å². The van der Waals surface area contributed by atoms with Gasteiger partial charge < -0.3 is 9.80 Å². The second kappa shape index (κ2) is 5.05. The molecule has 1 saturated heterocycles. The first-order valence-electron chi connectivity index (χ1n) is 5.98. The van der Waals surface area contributed by atoms with Gasteiger partial charge in [0.05, 0.1) is 18.2 Å². The van der Waals surface area contributed by atoms with E-state index in [1.165, 1.54) is 0 Å². The van der Waals surface area contributed by atoms with Crippen LogP contribution >= 0.6 is 0 Å². The largest absolute Gasteiger partial charge is 0.347 e. The molecule has 2 heterocycles. The van der Waals surface area contributed by atoms with Crippen molar-refractivity contribution in [1.29, 1.82) is 5.26 Å². The van der Waals surface area contributed by atoms with Gasteiger partial charge in [0.1, 0.15) is 5.82 Å². The van der Waals surface area contributed by atoms with Crippen LogP contribution in [0, 0.1) is 18.3 Å². The average molecular weight is 244 g/mol. The summed E-state index contributed by atoms with van der Waals surface area (Å²) in [6.45, 7) is 3.75. The Morgan fingerprint density at radius 2 is 2.17 bits per heavy atom. The Bertz CT molecular complexity index is 506. The summed E-state index contributed by atoms with van der Waals surface area (Å²) in [5.74, 6) is 0.810. The van der Waals surface area contributed by atoms with E-state index in [0.29, 0.717) is 12.1 Å². The van der Waals surface area contributed by atoms with Gasteiger partial charge in [0, 0.05) is 25.8 Å². The molecule has 18 heavy (non-hydrogen) atoms. The van der Waals surface area contributed by atoms with Gasteiger partial charge in [-0.1, -0.05) is 0 Å². The minimum Gasteiger partial charge on any atom is -0.347 e. The highest BCUT2D eigenvalue weighted by Gasteiger charge is 2.20. The van der Waals surface area contributed by atoms with E-state index >= 15 is 0 Å². The topological polar surface area (TPSA) is 60.2 Å². The standard InChI is InChI=1S/C13H16N4O/c1-10-6-11(8-14)7-12(15-10)17-5-3-4-16(2)13(18)9-17/h6-7H,3-5,9H2,1-2H3. The Balaban J connectivity index is 2.28. The molecule has 1 fully saturated rings. The zero-order valence-electron chi connectivity index (χ0n) is 10.7. The van der Waals surface area contributed by atoms with Gasteiger partial charge in [0.2, 0.25) is 5.91 Å². The van der Waals surface area contributed by atoms with E-state index in [4.69, 9.17) is 5.26 Å². The van der Waals surface area contributed by atoms with Crippen molar-refractivity contribution < 1.29 is 4.79 Å². The van der Waals surface area contributed by atoms with Crippen molar-refractivity contribution >= 4 is 11.7 Å². The van der Waals surface area contributed by atoms with Crippen molar-refractivity contribution in [2.45, 2.75) is 13.3 Å². The summed E-state index contributed by atoms with van der Waals surface area (Å²) < 4.78 is 0. The van der Waals surface area contributed by atoms with Gasteiger partial charge in [0.15, 0.2) is 0 Å². The Labute approximate surface area is 107 Å². The van der Waals surface area contributed by atoms with Gasteiger partial charge in [-0.25, -0.2) is 4.98 Å². The van der Waals surface area contributed by atoms with E-state index in [1.807, 2.05) is 18.9 Å². The predicted molar refractivity (Wildman–Crippen MR) is 68.2 cm³/mol. The van der Waals surface area contributed by atoms with Crippen LogP contribution in [-0.2, 0) is 4.79 Å². The Morgan fingerprint density at radius 1 is 1.39 bits per heavy atom. The highest BCUT2D eigenvalue weighted by Crippen LogP contribution is 2.16. The number of carbonyl (C=O) groups excluding carboxylic acids is 1. The lowest BCUT2D eigenvalue weighted by Gasteiger charge is -2.21. The van der Waals surface area contributed by atoms with Crippen LogP contribution in [0.1, 0.15) is 17.7 Å². The summed E-state index contributed by atoms with van der Waals surface area (Å²) in [5.41, 5.74) is 1.39. The normalized spacial score (nSPS) is 16.4. The number of nitrogens with zero attached hydrogens (tertiary/aromatic N) is 4. The van der Waals surface area contributed by atoms with Crippen LogP contribution in [0.3, 0.4) is 0 Å². The fourth-order valence-electron chi connectivity index (χ4n) is 2.06. The molecule has 0 N–H and O–H groups in total. The van der Waals surface area contributed by atoms with E-state index in [9.17, 15) is 4.79 Å². The van der Waals surface area contributed by atoms with Crippen LogP contribution in [0.25, 0.3) is 0 Å². The van der Waals surface area contributed by atoms with Crippen LogP contribution in [0.15, 0.2) is 12.1 Å². The minimum atomic E-state index is 0.0920. The highest BCUT2D eigenvalue weighted by molar-refractivity contribution is 5.81. The van der Waals surface area contributed by atoms with E-state index < -0.39 is 0 Å². The molecule has 0 aromatic carbocycles. The second-order valence-electron chi connectivity index (χ2n) is 4.56. The van der Waals surface area contributed by atoms with E-state index in [-0.39, 0.29) is 5.91 Å². The lowest BCUT2D eigenvalue weighted by Crippen LogP contribution is -2.34. The molecular weight excluding hydrogens is 228 g/mol. The first-order valence-corrected chi connectivity index (χ1v) is 5.98. The molecule has 1 aliphatic heterocycles. The number of likely N-dealkylation sites (N-methyl/N-ethyl adjacent to an activating group) is 1. The molecule has 1 aromatic rings. The summed E-state index contributed by atoms with van der Waals surface area (Å²) >= 11 is 0. The number of aryl methyl sites for hydroxylation is 1. The molecule has 0 spiro atoms. The summed E-state index contributed by atoms with van der Waals surface area (Å²) in [4.78, 5) is 19.9. The quantitative estimate of drug-likeness (QED) is 0.737. The van der Waals surface area contributed by atoms with Crippen molar-refractivity contribution in [3.63, 3.8) is 0 Å². The maximum atomic E-state index is 11.8. The second-order valence-corrected chi connectivity index (χ2v) is 4.56. The van der Waals surface area contributed by atoms with E-state index in [2.05, 4.69) is 11.1 Å². The first-order chi connectivity index (χ1) is 8.60. The molecule has 0 radical (unpaired) electrons. The van der Waals surface area contributed by atoms with Gasteiger partial charge in [-0.05, 0) is 25.5 Å². The molecule has 1 aliphatic rings. The van der Waals surface area contributed by atoms with Crippen LogP contribution < -0.4 is 4.90 Å². The zero-order chi connectivity index (χ0) is 13.1. The molecule has 0 saturated carbocycles. The highest BCUT2D eigenvalue weighted by atomic mass is 16.2. The number of pyridine rings is 1. The molecule has 5 nitrogen and oxygen atoms in total. The summed E-state index contributed by atoms with van der Waals surface area (Å²) in [7, 11) is 1.82. The Hall–Kier alpha value is -2.09. The molecule has 5 heteroatoms. The third kappa shape index (κ3) is 2.59. The van der Waals surface area contributed by atoms with E-state index in [1.54, 1.807) is 17.0 Å². The monoisotopic (exact) mass is 244 g/mol. The summed E-state index contributed by atoms with van der Waals surface area (Å²) in [5, 5.41) is 8.96. The molecule has 0 atom stereocenters. The summed E-state index contributed by atoms with van der Waals surface area (Å²) in [6.07, 6.45) is 0.916. The SMILES string of the molecule is Cc1cc(C#N)cc(N2CCCN(C)C(=O)C2)n1. The number of hydrogen-bond donors (Lipinski definition) is 0. The van der Waals surface area contributed by atoms with Crippen LogP contribution in [0.5, 0.6) is 0 Å². The average Bonchev–Trinajstić information content (AvgIpc) is 2.51. The van der Waals surface area contributed by atoms with Crippen LogP contribution in [0.4, 0.5) is 5.82 Å². The number of amides is 1. The van der Waals surface area contributed by atoms with Crippen molar-refractivity contribution in [1.82, 2.24) is 9.88 Å². The molecular formula is C13H16N4O. The maximum Gasteiger partial charge on any atom is 0.241 e. The smallest absolute Gasteiger partial charge is 0.241 e. The number of nitriles is 1. The zero-order valence-corrected chi connectivity index (χ0v) is 10.7. The third-order valence-corrected chi connectivity index (χ3v) is 3.07. The fraction of sp³-hybridized carbons (Fsp3) is 0.462. The van der Waals surface area contributed by atoms with Gasteiger partial charge >= 0.3 is 0 Å². The molecule has 1 aromatic heterocycles. The van der Waals surface area contributed by atoms with Crippen molar-refractivity contribution in [3.8, 4) is 6.07 Å². The number of rotatable bonds is 1. The number of carbonyl (C=O) groups is 1. The lowest BCUT2D eigenvalue weighted by atomic mass is 10.2. The lowest BCUT2D eigenvalue weighted by molar-refractivity contribution is -0.127. The number of hydrogen-bond acceptors (Lipinski definition) is 4. The van der Waals surface area contributed by atoms with Gasteiger partial charge in [-0.3, -0.25) is 4.79 Å². The number of anilines is 1. The predicted octanol–water partition coefficient (Wildman–Crippen LogP) is 0.930. The third-order valence-electron chi connectivity index (χ3n) is 3.07. The fourth-order valence-corrected chi connectivity index (χ4v) is 2.06. The Morgan fingerprint density at radius 3 is 2.89 bits per heavy atom. The minimum absolute atomic E-state index is 0.0920. The van der Waals surface area contributed by atoms with E-state index in [0.717, 1.165) is 31.0 Å². The van der Waals surface area contributed by atoms with Crippen molar-refractivity contribution in [2.24, 2.45) is 0 Å². The Kier molecular flexibility index (Phi) is 3.47. The van der Waals surface area contributed by atoms with Gasteiger partial charge in [-0.15, -0.1) is 0 Å². The first kappa shape index (κ1) is 12.4. The molecule has 2 rings (SSSR count). The van der Waals surface area contributed by atoms with Crippen LogP contribution in [-0.4, -0.2) is 42.5 Å². The van der Waals surface area contributed by atoms with Crippen LogP contribution in [0.2, 0.25) is 0 Å².